The number of hydrogen-bond acceptors (Lipinski definition) is 3. The molecule has 0 aliphatic carbocycles. The van der Waals surface area contributed by atoms with Gasteiger partial charge >= 0.3 is 0 Å². The van der Waals surface area contributed by atoms with Gasteiger partial charge in [0.1, 0.15) is 0 Å². The van der Waals surface area contributed by atoms with E-state index in [4.69, 9.17) is 9.47 Å². The first kappa shape index (κ1) is 14.2. The van der Waals surface area contributed by atoms with Gasteiger partial charge in [0.25, 0.3) is 0 Å². The molecule has 0 spiro atoms. The second-order valence-electron chi connectivity index (χ2n) is 5.93. The summed E-state index contributed by atoms with van der Waals surface area (Å²) < 4.78 is 10.9. The molecular weight excluding hydrogens is 238 g/mol. The molecule has 0 atom stereocenters. The summed E-state index contributed by atoms with van der Waals surface area (Å²) in [5.74, 6) is 3.88. The highest BCUT2D eigenvalue weighted by atomic mass is 16.7. The largest absolute Gasteiger partial charge is 0.454 e. The van der Waals surface area contributed by atoms with Gasteiger partial charge in [-0.25, -0.2) is 0 Å². The third-order valence-electron chi connectivity index (χ3n) is 3.89. The first-order chi connectivity index (χ1) is 9.09. The molecule has 1 aliphatic heterocycles. The monoisotopic (exact) mass is 263 g/mol. The Bertz CT molecular complexity index is 407. The molecule has 19 heavy (non-hydrogen) atoms. The van der Waals surface area contributed by atoms with Gasteiger partial charge in [-0.2, -0.15) is 0 Å². The fourth-order valence-corrected chi connectivity index (χ4v) is 2.74. The fraction of sp³-hybridized carbons (Fsp3) is 0.625. The smallest absolute Gasteiger partial charge is 0.231 e. The number of nitrogens with one attached hydrogen (secondary N) is 1. The van der Waals surface area contributed by atoms with Crippen molar-refractivity contribution in [3.8, 4) is 11.5 Å². The van der Waals surface area contributed by atoms with E-state index in [1.165, 1.54) is 5.56 Å². The summed E-state index contributed by atoms with van der Waals surface area (Å²) in [6.45, 7) is 11.4. The molecule has 0 saturated heterocycles. The molecule has 0 saturated carbocycles. The summed E-state index contributed by atoms with van der Waals surface area (Å²) in [5, 5.41) is 3.56. The molecule has 1 aromatic rings. The van der Waals surface area contributed by atoms with Crippen LogP contribution in [0.15, 0.2) is 18.2 Å². The summed E-state index contributed by atoms with van der Waals surface area (Å²) in [6.07, 6.45) is 0. The lowest BCUT2D eigenvalue weighted by Crippen LogP contribution is -2.29. The molecule has 1 heterocycles. The average Bonchev–Trinajstić information content (AvgIpc) is 2.82. The van der Waals surface area contributed by atoms with Crippen molar-refractivity contribution in [2.45, 2.75) is 34.2 Å². The number of benzene rings is 1. The van der Waals surface area contributed by atoms with E-state index in [0.717, 1.165) is 24.6 Å². The highest BCUT2D eigenvalue weighted by molar-refractivity contribution is 5.48. The molecule has 0 unspecified atom stereocenters. The zero-order chi connectivity index (χ0) is 13.8. The second kappa shape index (κ2) is 6.29. The Balaban J connectivity index is 1.91. The van der Waals surface area contributed by atoms with Gasteiger partial charge < -0.3 is 14.8 Å². The molecule has 0 amide bonds. The predicted molar refractivity (Wildman–Crippen MR) is 77.4 cm³/mol. The zero-order valence-electron chi connectivity index (χ0n) is 12.4. The van der Waals surface area contributed by atoms with E-state index < -0.39 is 0 Å². The number of hydrogen-bond donors (Lipinski definition) is 1. The van der Waals surface area contributed by atoms with Crippen molar-refractivity contribution in [1.82, 2.24) is 5.32 Å². The van der Waals surface area contributed by atoms with Crippen LogP contribution in [-0.4, -0.2) is 13.3 Å². The molecule has 1 aromatic carbocycles. The molecular formula is C16H25NO2. The molecule has 3 nitrogen and oxygen atoms in total. The number of ether oxygens (including phenoxy) is 2. The van der Waals surface area contributed by atoms with Crippen LogP contribution in [0.5, 0.6) is 11.5 Å². The predicted octanol–water partition coefficient (Wildman–Crippen LogP) is 3.43. The van der Waals surface area contributed by atoms with Crippen molar-refractivity contribution in [3.05, 3.63) is 23.8 Å². The molecule has 1 aliphatic rings. The van der Waals surface area contributed by atoms with Gasteiger partial charge in [0, 0.05) is 12.1 Å². The molecule has 0 aromatic heterocycles. The Morgan fingerprint density at radius 2 is 1.84 bits per heavy atom. The number of rotatable bonds is 6. The van der Waals surface area contributed by atoms with Gasteiger partial charge in [-0.15, -0.1) is 0 Å². The summed E-state index contributed by atoms with van der Waals surface area (Å²) in [5.41, 5.74) is 1.18. The van der Waals surface area contributed by atoms with E-state index in [0.29, 0.717) is 24.5 Å². The summed E-state index contributed by atoms with van der Waals surface area (Å²) in [4.78, 5) is 0. The van der Waals surface area contributed by atoms with Crippen molar-refractivity contribution < 1.29 is 9.47 Å². The molecule has 0 bridgehead atoms. The van der Waals surface area contributed by atoms with Gasteiger partial charge in [-0.1, -0.05) is 39.8 Å². The third kappa shape index (κ3) is 3.41. The standard InChI is InChI=1S/C16H25NO2/c1-11(2)14(12(3)4)9-17-8-13-6-5-7-15-16(13)19-10-18-15/h5-7,11-12,14,17H,8-10H2,1-4H3. The van der Waals surface area contributed by atoms with Crippen molar-refractivity contribution in [3.63, 3.8) is 0 Å². The number of fused-ring (bicyclic) bond motifs is 1. The van der Waals surface area contributed by atoms with Crippen molar-refractivity contribution in [2.75, 3.05) is 13.3 Å². The van der Waals surface area contributed by atoms with E-state index in [-0.39, 0.29) is 0 Å². The van der Waals surface area contributed by atoms with E-state index in [1.54, 1.807) is 0 Å². The average molecular weight is 263 g/mol. The Morgan fingerprint density at radius 3 is 2.53 bits per heavy atom. The van der Waals surface area contributed by atoms with Gasteiger partial charge in [-0.05, 0) is 30.4 Å². The molecule has 3 heteroatoms. The lowest BCUT2D eigenvalue weighted by molar-refractivity contribution is 0.173. The van der Waals surface area contributed by atoms with Crippen LogP contribution in [0.3, 0.4) is 0 Å². The second-order valence-corrected chi connectivity index (χ2v) is 5.93. The van der Waals surface area contributed by atoms with Crippen molar-refractivity contribution in [1.29, 1.82) is 0 Å². The first-order valence-electron chi connectivity index (χ1n) is 7.17. The summed E-state index contributed by atoms with van der Waals surface area (Å²) >= 11 is 0. The Labute approximate surface area is 116 Å². The van der Waals surface area contributed by atoms with Crippen LogP contribution in [-0.2, 0) is 6.54 Å². The summed E-state index contributed by atoms with van der Waals surface area (Å²) in [7, 11) is 0. The minimum atomic E-state index is 0.340. The van der Waals surface area contributed by atoms with Gasteiger partial charge in [-0.3, -0.25) is 0 Å². The van der Waals surface area contributed by atoms with Crippen LogP contribution in [0.25, 0.3) is 0 Å². The molecule has 2 rings (SSSR count). The van der Waals surface area contributed by atoms with Crippen LogP contribution in [0.4, 0.5) is 0 Å². The van der Waals surface area contributed by atoms with Crippen LogP contribution in [0, 0.1) is 17.8 Å². The van der Waals surface area contributed by atoms with Crippen LogP contribution < -0.4 is 14.8 Å². The van der Waals surface area contributed by atoms with E-state index in [1.807, 2.05) is 12.1 Å². The molecule has 0 fully saturated rings. The maximum absolute atomic E-state index is 5.52. The van der Waals surface area contributed by atoms with Crippen molar-refractivity contribution >= 4 is 0 Å². The van der Waals surface area contributed by atoms with E-state index in [2.05, 4.69) is 39.1 Å². The quantitative estimate of drug-likeness (QED) is 0.853. The SMILES string of the molecule is CC(C)C(CNCc1cccc2c1OCO2)C(C)C. The minimum absolute atomic E-state index is 0.340. The highest BCUT2D eigenvalue weighted by Crippen LogP contribution is 2.35. The maximum atomic E-state index is 5.52. The Morgan fingerprint density at radius 1 is 1.11 bits per heavy atom. The normalized spacial score (nSPS) is 13.8. The topological polar surface area (TPSA) is 30.5 Å². The van der Waals surface area contributed by atoms with E-state index in [9.17, 15) is 0 Å². The third-order valence-corrected chi connectivity index (χ3v) is 3.89. The fourth-order valence-electron chi connectivity index (χ4n) is 2.74. The maximum Gasteiger partial charge on any atom is 0.231 e. The zero-order valence-corrected chi connectivity index (χ0v) is 12.4. The molecule has 106 valence electrons. The van der Waals surface area contributed by atoms with Gasteiger partial charge in [0.15, 0.2) is 11.5 Å². The minimum Gasteiger partial charge on any atom is -0.454 e. The lowest BCUT2D eigenvalue weighted by Gasteiger charge is -2.25. The molecule has 0 radical (unpaired) electrons. The summed E-state index contributed by atoms with van der Waals surface area (Å²) in [6, 6.07) is 6.07. The first-order valence-corrected chi connectivity index (χ1v) is 7.17. The van der Waals surface area contributed by atoms with Crippen LogP contribution in [0.2, 0.25) is 0 Å². The Kier molecular flexibility index (Phi) is 4.70. The lowest BCUT2D eigenvalue weighted by atomic mass is 9.85. The number of para-hydroxylation sites is 1. The van der Waals surface area contributed by atoms with Gasteiger partial charge in [0.2, 0.25) is 6.79 Å². The highest BCUT2D eigenvalue weighted by Gasteiger charge is 2.19. The molecule has 1 N–H and O–H groups in total. The van der Waals surface area contributed by atoms with Crippen molar-refractivity contribution in [2.24, 2.45) is 17.8 Å². The van der Waals surface area contributed by atoms with E-state index >= 15 is 0 Å². The Hall–Kier alpha value is -1.22. The van der Waals surface area contributed by atoms with Crippen LogP contribution in [0.1, 0.15) is 33.3 Å². The van der Waals surface area contributed by atoms with Crippen LogP contribution >= 0.6 is 0 Å². The van der Waals surface area contributed by atoms with Gasteiger partial charge in [0.05, 0.1) is 0 Å².